The normalized spacial score (nSPS) is 10.2. The molecule has 2 aromatic carbocycles. The number of aromatic hydroxyl groups is 1. The van der Waals surface area contributed by atoms with Crippen LogP contribution in [0, 0.1) is 0 Å². The van der Waals surface area contributed by atoms with Crippen LogP contribution in [0.1, 0.15) is 41.0 Å². The highest BCUT2D eigenvalue weighted by atomic mass is 16.5. The Kier molecular flexibility index (Phi) is 5.36. The monoisotopic (exact) mass is 313 g/mol. The maximum absolute atomic E-state index is 12.2. The lowest BCUT2D eigenvalue weighted by Gasteiger charge is -2.09. The van der Waals surface area contributed by atoms with Crippen LogP contribution in [0.4, 0.5) is 5.69 Å². The molecule has 5 heteroatoms. The van der Waals surface area contributed by atoms with Gasteiger partial charge in [-0.25, -0.2) is 0 Å². The molecule has 1 amide bonds. The highest BCUT2D eigenvalue weighted by molar-refractivity contribution is 6.05. The maximum atomic E-state index is 12.2. The van der Waals surface area contributed by atoms with Gasteiger partial charge in [0.15, 0.2) is 5.78 Å². The average molecular weight is 313 g/mol. The summed E-state index contributed by atoms with van der Waals surface area (Å²) in [4.78, 5) is 23.6. The summed E-state index contributed by atoms with van der Waals surface area (Å²) in [6, 6.07) is 11.2. The molecule has 0 aliphatic rings. The van der Waals surface area contributed by atoms with Crippen molar-refractivity contribution in [1.82, 2.24) is 0 Å². The van der Waals surface area contributed by atoms with E-state index < -0.39 is 0 Å². The second kappa shape index (κ2) is 7.45. The van der Waals surface area contributed by atoms with Gasteiger partial charge in [0.1, 0.15) is 11.5 Å². The molecule has 0 bridgehead atoms. The van der Waals surface area contributed by atoms with Crippen molar-refractivity contribution in [2.24, 2.45) is 0 Å². The number of ether oxygens (including phenoxy) is 1. The number of carbonyl (C=O) groups is 2. The van der Waals surface area contributed by atoms with E-state index in [0.717, 1.165) is 6.42 Å². The molecule has 5 nitrogen and oxygen atoms in total. The number of benzene rings is 2. The number of amides is 1. The molecular weight excluding hydrogens is 294 g/mol. The van der Waals surface area contributed by atoms with E-state index in [1.54, 1.807) is 30.3 Å². The van der Waals surface area contributed by atoms with Crippen molar-refractivity contribution in [1.29, 1.82) is 0 Å². The molecule has 0 aromatic heterocycles. The van der Waals surface area contributed by atoms with Crippen LogP contribution in [0.25, 0.3) is 0 Å². The van der Waals surface area contributed by atoms with Gasteiger partial charge in [-0.2, -0.15) is 0 Å². The quantitative estimate of drug-likeness (QED) is 0.630. The van der Waals surface area contributed by atoms with Crippen LogP contribution in [0.15, 0.2) is 42.5 Å². The number of nitrogens with one attached hydrogen (secondary N) is 1. The second-order valence-corrected chi connectivity index (χ2v) is 5.12. The highest BCUT2D eigenvalue weighted by Crippen LogP contribution is 2.22. The minimum Gasteiger partial charge on any atom is -0.507 e. The summed E-state index contributed by atoms with van der Waals surface area (Å²) in [5.74, 6) is 0.0445. The Bertz CT molecular complexity index is 707. The Morgan fingerprint density at radius 1 is 1.13 bits per heavy atom. The maximum Gasteiger partial charge on any atom is 0.255 e. The van der Waals surface area contributed by atoms with Crippen LogP contribution in [0.2, 0.25) is 0 Å². The van der Waals surface area contributed by atoms with Gasteiger partial charge < -0.3 is 15.2 Å². The number of anilines is 1. The van der Waals surface area contributed by atoms with Gasteiger partial charge in [0.25, 0.3) is 5.91 Å². The predicted molar refractivity (Wildman–Crippen MR) is 88.3 cm³/mol. The molecule has 2 rings (SSSR count). The lowest BCUT2D eigenvalue weighted by molar-refractivity contribution is 0.100. The van der Waals surface area contributed by atoms with E-state index in [1.807, 2.05) is 6.92 Å². The third-order valence-corrected chi connectivity index (χ3v) is 3.22. The number of carbonyl (C=O) groups excluding carboxylic acids is 2. The molecule has 0 spiro atoms. The molecule has 0 saturated carbocycles. The van der Waals surface area contributed by atoms with Crippen LogP contribution < -0.4 is 10.1 Å². The highest BCUT2D eigenvalue weighted by Gasteiger charge is 2.10. The number of ketones is 1. The molecule has 0 atom stereocenters. The molecule has 0 heterocycles. The van der Waals surface area contributed by atoms with Crippen LogP contribution in [-0.2, 0) is 0 Å². The van der Waals surface area contributed by atoms with E-state index in [1.165, 1.54) is 19.1 Å². The fourth-order valence-corrected chi connectivity index (χ4v) is 2.02. The van der Waals surface area contributed by atoms with Crippen molar-refractivity contribution in [3.63, 3.8) is 0 Å². The van der Waals surface area contributed by atoms with E-state index in [0.29, 0.717) is 23.6 Å². The number of hydrogen-bond acceptors (Lipinski definition) is 4. The fourth-order valence-electron chi connectivity index (χ4n) is 2.02. The van der Waals surface area contributed by atoms with Crippen molar-refractivity contribution in [2.45, 2.75) is 20.3 Å². The van der Waals surface area contributed by atoms with Gasteiger partial charge in [0, 0.05) is 11.3 Å². The molecule has 0 fully saturated rings. The topological polar surface area (TPSA) is 75.6 Å². The molecule has 23 heavy (non-hydrogen) atoms. The van der Waals surface area contributed by atoms with Gasteiger partial charge in [-0.3, -0.25) is 9.59 Å². The van der Waals surface area contributed by atoms with Crippen molar-refractivity contribution >= 4 is 17.4 Å². The SMILES string of the molecule is CCCOc1ccc(C(=O)Nc2ccc(O)c(C(C)=O)c2)cc1. The van der Waals surface area contributed by atoms with E-state index >= 15 is 0 Å². The number of phenolic OH excluding ortho intramolecular Hbond substituents is 1. The Labute approximate surface area is 134 Å². The summed E-state index contributed by atoms with van der Waals surface area (Å²) in [5, 5.41) is 12.3. The number of phenols is 1. The predicted octanol–water partition coefficient (Wildman–Crippen LogP) is 3.64. The molecule has 0 radical (unpaired) electrons. The van der Waals surface area contributed by atoms with E-state index in [2.05, 4.69) is 5.32 Å². The zero-order valence-corrected chi connectivity index (χ0v) is 13.1. The first kappa shape index (κ1) is 16.5. The van der Waals surface area contributed by atoms with Crippen molar-refractivity contribution < 1.29 is 19.4 Å². The fraction of sp³-hybridized carbons (Fsp3) is 0.222. The van der Waals surface area contributed by atoms with Gasteiger partial charge in [0.05, 0.1) is 12.2 Å². The Balaban J connectivity index is 2.09. The molecule has 120 valence electrons. The van der Waals surface area contributed by atoms with Gasteiger partial charge in [-0.05, 0) is 55.8 Å². The first-order valence-corrected chi connectivity index (χ1v) is 7.39. The smallest absolute Gasteiger partial charge is 0.255 e. The minimum atomic E-state index is -0.299. The van der Waals surface area contributed by atoms with Gasteiger partial charge >= 0.3 is 0 Å². The molecule has 2 N–H and O–H groups in total. The van der Waals surface area contributed by atoms with Crippen LogP contribution in [0.3, 0.4) is 0 Å². The first-order valence-electron chi connectivity index (χ1n) is 7.39. The van der Waals surface area contributed by atoms with E-state index in [-0.39, 0.29) is 23.0 Å². The Morgan fingerprint density at radius 3 is 2.43 bits per heavy atom. The molecule has 0 unspecified atom stereocenters. The number of hydrogen-bond donors (Lipinski definition) is 2. The molecular formula is C18H19NO4. The molecule has 0 aliphatic heterocycles. The summed E-state index contributed by atoms with van der Waals surface area (Å²) in [5.41, 5.74) is 1.10. The van der Waals surface area contributed by atoms with Crippen LogP contribution in [0.5, 0.6) is 11.5 Å². The lowest BCUT2D eigenvalue weighted by Crippen LogP contribution is -2.12. The molecule has 2 aromatic rings. The Morgan fingerprint density at radius 2 is 1.83 bits per heavy atom. The van der Waals surface area contributed by atoms with Crippen molar-refractivity contribution in [3.05, 3.63) is 53.6 Å². The zero-order chi connectivity index (χ0) is 16.8. The third kappa shape index (κ3) is 4.32. The minimum absolute atomic E-state index is 0.104. The largest absolute Gasteiger partial charge is 0.507 e. The van der Waals surface area contributed by atoms with Crippen molar-refractivity contribution in [3.8, 4) is 11.5 Å². The lowest BCUT2D eigenvalue weighted by atomic mass is 10.1. The van der Waals surface area contributed by atoms with E-state index in [9.17, 15) is 14.7 Å². The number of Topliss-reactive ketones (excluding diaryl/α,β-unsaturated/α-hetero) is 1. The summed E-state index contributed by atoms with van der Waals surface area (Å²) >= 11 is 0. The zero-order valence-electron chi connectivity index (χ0n) is 13.1. The van der Waals surface area contributed by atoms with Crippen molar-refractivity contribution in [2.75, 3.05) is 11.9 Å². The molecule has 0 saturated heterocycles. The third-order valence-electron chi connectivity index (χ3n) is 3.22. The summed E-state index contributed by atoms with van der Waals surface area (Å²) in [6.07, 6.45) is 0.918. The molecule has 0 aliphatic carbocycles. The summed E-state index contributed by atoms with van der Waals surface area (Å²) < 4.78 is 5.47. The van der Waals surface area contributed by atoms with Gasteiger partial charge in [0.2, 0.25) is 0 Å². The van der Waals surface area contributed by atoms with Gasteiger partial charge in [-0.15, -0.1) is 0 Å². The summed E-state index contributed by atoms with van der Waals surface area (Å²) in [6.45, 7) is 4.01. The second-order valence-electron chi connectivity index (χ2n) is 5.12. The van der Waals surface area contributed by atoms with Crippen LogP contribution in [-0.4, -0.2) is 23.4 Å². The number of rotatable bonds is 6. The van der Waals surface area contributed by atoms with Crippen LogP contribution >= 0.6 is 0 Å². The van der Waals surface area contributed by atoms with Gasteiger partial charge in [-0.1, -0.05) is 6.92 Å². The summed E-state index contributed by atoms with van der Waals surface area (Å²) in [7, 11) is 0. The first-order chi connectivity index (χ1) is 11.0. The van der Waals surface area contributed by atoms with E-state index in [4.69, 9.17) is 4.74 Å². The Hall–Kier alpha value is -2.82. The standard InChI is InChI=1S/C18H19NO4/c1-3-10-23-15-7-4-13(5-8-15)18(22)19-14-6-9-17(21)16(11-14)12(2)20/h4-9,11,21H,3,10H2,1-2H3,(H,19,22). The average Bonchev–Trinajstić information content (AvgIpc) is 2.54.